The van der Waals surface area contributed by atoms with Crippen molar-refractivity contribution >= 4 is 5.91 Å². The number of fused-ring (bicyclic) bond motifs is 1. The molecule has 2 aromatic rings. The molecule has 1 heterocycles. The van der Waals surface area contributed by atoms with E-state index in [-0.39, 0.29) is 17.8 Å². The molecule has 0 saturated carbocycles. The van der Waals surface area contributed by atoms with Crippen molar-refractivity contribution < 1.29 is 9.18 Å². The third-order valence-electron chi connectivity index (χ3n) is 5.00. The molecular formula is C20H21FN2O. The normalized spacial score (nSPS) is 20.6. The van der Waals surface area contributed by atoms with Gasteiger partial charge in [0.2, 0.25) is 5.91 Å². The average molecular weight is 324 g/mol. The smallest absolute Gasteiger partial charge is 0.224 e. The molecule has 1 atom stereocenters. The molecule has 1 N–H and O–H groups in total. The number of likely N-dealkylation sites (tertiary alicyclic amines) is 1. The molecule has 1 aliphatic carbocycles. The van der Waals surface area contributed by atoms with Gasteiger partial charge in [-0.2, -0.15) is 0 Å². The molecule has 3 nitrogen and oxygen atoms in total. The standard InChI is InChI=1S/C20H21FN2O/c21-17-7-3-4-14(8-17)12-23-13-19(11-20(23)24)22-18-9-15-5-1-2-6-16(15)10-18/h1-8,18-19,22H,9-13H2/t19-/m0/s1. The van der Waals surface area contributed by atoms with Crippen LogP contribution in [0.1, 0.15) is 23.1 Å². The number of amides is 1. The summed E-state index contributed by atoms with van der Waals surface area (Å²) in [4.78, 5) is 14.1. The van der Waals surface area contributed by atoms with Crippen molar-refractivity contribution in [3.8, 4) is 0 Å². The molecule has 0 unspecified atom stereocenters. The van der Waals surface area contributed by atoms with E-state index in [0.29, 0.717) is 25.6 Å². The number of hydrogen-bond donors (Lipinski definition) is 1. The first kappa shape index (κ1) is 15.3. The molecule has 0 aromatic heterocycles. The maximum Gasteiger partial charge on any atom is 0.224 e. The Morgan fingerprint density at radius 1 is 1.00 bits per heavy atom. The Hall–Kier alpha value is -2.20. The average Bonchev–Trinajstić information content (AvgIpc) is 3.10. The van der Waals surface area contributed by atoms with E-state index in [1.165, 1.54) is 23.3 Å². The Kier molecular flexibility index (Phi) is 4.07. The van der Waals surface area contributed by atoms with Gasteiger partial charge in [0.1, 0.15) is 5.82 Å². The lowest BCUT2D eigenvalue weighted by atomic mass is 10.1. The van der Waals surface area contributed by atoms with E-state index < -0.39 is 0 Å². The van der Waals surface area contributed by atoms with Crippen molar-refractivity contribution in [2.75, 3.05) is 6.54 Å². The number of nitrogens with zero attached hydrogens (tertiary/aromatic N) is 1. The van der Waals surface area contributed by atoms with E-state index in [1.54, 1.807) is 6.07 Å². The lowest BCUT2D eigenvalue weighted by molar-refractivity contribution is -0.128. The summed E-state index contributed by atoms with van der Waals surface area (Å²) in [7, 11) is 0. The van der Waals surface area contributed by atoms with Crippen LogP contribution in [0, 0.1) is 5.82 Å². The Balaban J connectivity index is 1.35. The number of nitrogens with one attached hydrogen (secondary N) is 1. The van der Waals surface area contributed by atoms with Gasteiger partial charge in [-0.3, -0.25) is 4.79 Å². The molecule has 1 aliphatic heterocycles. The van der Waals surface area contributed by atoms with Crippen LogP contribution >= 0.6 is 0 Å². The number of hydrogen-bond acceptors (Lipinski definition) is 2. The quantitative estimate of drug-likeness (QED) is 0.938. The number of carbonyl (C=O) groups excluding carboxylic acids is 1. The van der Waals surface area contributed by atoms with E-state index in [9.17, 15) is 9.18 Å². The van der Waals surface area contributed by atoms with Gasteiger partial charge in [-0.05, 0) is 41.7 Å². The summed E-state index contributed by atoms with van der Waals surface area (Å²) in [6.07, 6.45) is 2.59. The molecule has 124 valence electrons. The molecule has 4 heteroatoms. The lowest BCUT2D eigenvalue weighted by Crippen LogP contribution is -2.40. The summed E-state index contributed by atoms with van der Waals surface area (Å²) in [5.41, 5.74) is 3.67. The largest absolute Gasteiger partial charge is 0.337 e. The maximum atomic E-state index is 13.3. The van der Waals surface area contributed by atoms with Gasteiger partial charge >= 0.3 is 0 Å². The predicted octanol–water partition coefficient (Wildman–Crippen LogP) is 2.68. The molecule has 0 radical (unpaired) electrons. The van der Waals surface area contributed by atoms with Crippen LogP contribution in [0.2, 0.25) is 0 Å². The van der Waals surface area contributed by atoms with Gasteiger partial charge in [0, 0.05) is 31.6 Å². The van der Waals surface area contributed by atoms with Crippen LogP contribution in [-0.4, -0.2) is 29.4 Å². The molecule has 1 amide bonds. The van der Waals surface area contributed by atoms with Crippen molar-refractivity contribution in [1.29, 1.82) is 0 Å². The van der Waals surface area contributed by atoms with Gasteiger partial charge in [0.15, 0.2) is 0 Å². The van der Waals surface area contributed by atoms with Crippen molar-refractivity contribution in [2.45, 2.75) is 37.9 Å². The number of carbonyl (C=O) groups is 1. The van der Waals surface area contributed by atoms with E-state index in [0.717, 1.165) is 18.4 Å². The first-order valence-corrected chi connectivity index (χ1v) is 8.52. The summed E-state index contributed by atoms with van der Waals surface area (Å²) in [5.74, 6) is -0.107. The summed E-state index contributed by atoms with van der Waals surface area (Å²) < 4.78 is 13.3. The molecule has 2 aliphatic rings. The molecule has 0 bridgehead atoms. The second-order valence-corrected chi connectivity index (χ2v) is 6.85. The van der Waals surface area contributed by atoms with Crippen molar-refractivity contribution in [2.24, 2.45) is 0 Å². The topological polar surface area (TPSA) is 32.3 Å². The predicted molar refractivity (Wildman–Crippen MR) is 91.0 cm³/mol. The SMILES string of the molecule is O=C1C[C@H](NC2Cc3ccccc3C2)CN1Cc1cccc(F)c1. The molecule has 4 rings (SSSR count). The van der Waals surface area contributed by atoms with Gasteiger partial charge in [-0.15, -0.1) is 0 Å². The first-order valence-electron chi connectivity index (χ1n) is 8.52. The number of benzene rings is 2. The van der Waals surface area contributed by atoms with Crippen molar-refractivity contribution in [3.63, 3.8) is 0 Å². The fourth-order valence-corrected chi connectivity index (χ4v) is 3.90. The fourth-order valence-electron chi connectivity index (χ4n) is 3.90. The highest BCUT2D eigenvalue weighted by molar-refractivity contribution is 5.79. The van der Waals surface area contributed by atoms with Crippen LogP contribution < -0.4 is 5.32 Å². The number of rotatable bonds is 4. The minimum atomic E-state index is -0.252. The summed E-state index contributed by atoms with van der Waals surface area (Å²) in [5, 5.41) is 3.65. The maximum absolute atomic E-state index is 13.3. The summed E-state index contributed by atoms with van der Waals surface area (Å²) in [6, 6.07) is 15.6. The zero-order valence-electron chi connectivity index (χ0n) is 13.5. The van der Waals surface area contributed by atoms with E-state index in [2.05, 4.69) is 29.6 Å². The van der Waals surface area contributed by atoms with Crippen molar-refractivity contribution in [3.05, 3.63) is 71.0 Å². The van der Waals surface area contributed by atoms with Crippen LogP contribution in [0.3, 0.4) is 0 Å². The molecule has 1 saturated heterocycles. The summed E-state index contributed by atoms with van der Waals surface area (Å²) >= 11 is 0. The second-order valence-electron chi connectivity index (χ2n) is 6.85. The van der Waals surface area contributed by atoms with Crippen LogP contribution in [0.4, 0.5) is 4.39 Å². The van der Waals surface area contributed by atoms with Gasteiger partial charge in [-0.25, -0.2) is 4.39 Å². The van der Waals surface area contributed by atoms with Crippen LogP contribution in [0.5, 0.6) is 0 Å². The van der Waals surface area contributed by atoms with Crippen molar-refractivity contribution in [1.82, 2.24) is 10.2 Å². The zero-order valence-corrected chi connectivity index (χ0v) is 13.5. The highest BCUT2D eigenvalue weighted by Crippen LogP contribution is 2.23. The van der Waals surface area contributed by atoms with Gasteiger partial charge < -0.3 is 10.2 Å². The second kappa shape index (κ2) is 6.36. The van der Waals surface area contributed by atoms with E-state index in [1.807, 2.05) is 11.0 Å². The van der Waals surface area contributed by atoms with Gasteiger partial charge in [0.25, 0.3) is 0 Å². The Bertz CT molecular complexity index is 736. The lowest BCUT2D eigenvalue weighted by Gasteiger charge is -2.20. The van der Waals surface area contributed by atoms with Crippen LogP contribution in [-0.2, 0) is 24.2 Å². The molecular weight excluding hydrogens is 303 g/mol. The molecule has 0 spiro atoms. The molecule has 2 aromatic carbocycles. The minimum Gasteiger partial charge on any atom is -0.337 e. The highest BCUT2D eigenvalue weighted by atomic mass is 19.1. The van der Waals surface area contributed by atoms with E-state index >= 15 is 0 Å². The zero-order chi connectivity index (χ0) is 16.5. The van der Waals surface area contributed by atoms with Crippen LogP contribution in [0.25, 0.3) is 0 Å². The molecule has 24 heavy (non-hydrogen) atoms. The van der Waals surface area contributed by atoms with Gasteiger partial charge in [-0.1, -0.05) is 36.4 Å². The number of halogens is 1. The highest BCUT2D eigenvalue weighted by Gasteiger charge is 2.32. The fraction of sp³-hybridized carbons (Fsp3) is 0.350. The third kappa shape index (κ3) is 3.20. The van der Waals surface area contributed by atoms with Crippen LogP contribution in [0.15, 0.2) is 48.5 Å². The summed E-state index contributed by atoms with van der Waals surface area (Å²) in [6.45, 7) is 1.18. The Morgan fingerprint density at radius 2 is 1.75 bits per heavy atom. The monoisotopic (exact) mass is 324 g/mol. The van der Waals surface area contributed by atoms with E-state index in [4.69, 9.17) is 0 Å². The Morgan fingerprint density at radius 3 is 2.46 bits per heavy atom. The minimum absolute atomic E-state index is 0.146. The third-order valence-corrected chi connectivity index (χ3v) is 5.00. The Labute approximate surface area is 141 Å². The first-order chi connectivity index (χ1) is 11.7. The van der Waals surface area contributed by atoms with Gasteiger partial charge in [0.05, 0.1) is 0 Å². The molecule has 1 fully saturated rings.